The van der Waals surface area contributed by atoms with E-state index in [9.17, 15) is 0 Å². The van der Waals surface area contributed by atoms with Crippen molar-refractivity contribution in [3.05, 3.63) is 16.1 Å². The Bertz CT molecular complexity index is 370. The molecule has 0 saturated heterocycles. The fourth-order valence-corrected chi connectivity index (χ4v) is 1.64. The van der Waals surface area contributed by atoms with Crippen molar-refractivity contribution >= 4 is 29.0 Å². The molecule has 17 heavy (non-hydrogen) atoms. The summed E-state index contributed by atoms with van der Waals surface area (Å²) in [5, 5.41) is 4.09. The smallest absolute Gasteiger partial charge is 0.234 e. The van der Waals surface area contributed by atoms with E-state index in [1.54, 1.807) is 6.07 Å². The van der Waals surface area contributed by atoms with E-state index in [1.165, 1.54) is 0 Å². The highest BCUT2D eigenvalue weighted by Gasteiger charge is 2.10. The van der Waals surface area contributed by atoms with Gasteiger partial charge in [0, 0.05) is 6.54 Å². The van der Waals surface area contributed by atoms with Crippen LogP contribution in [0.1, 0.15) is 27.2 Å². The highest BCUT2D eigenvalue weighted by Crippen LogP contribution is 2.30. The molecule has 5 heteroatoms. The number of halogens is 2. The molecule has 0 fully saturated rings. The summed E-state index contributed by atoms with van der Waals surface area (Å²) >= 11 is 12.1. The minimum Gasteiger partial charge on any atom is -0.476 e. The molecule has 0 bridgehead atoms. The molecule has 0 unspecified atom stereocenters. The summed E-state index contributed by atoms with van der Waals surface area (Å²) in [6.07, 6.45) is 1.00. The molecule has 1 heterocycles. The molecule has 1 aromatic heterocycles. The minimum absolute atomic E-state index is 0.426. The molecule has 1 N–H and O–H groups in total. The minimum atomic E-state index is 0.426. The van der Waals surface area contributed by atoms with E-state index in [1.807, 2.05) is 0 Å². The summed E-state index contributed by atoms with van der Waals surface area (Å²) in [4.78, 5) is 4.28. The average molecular weight is 277 g/mol. The van der Waals surface area contributed by atoms with Crippen LogP contribution in [-0.4, -0.2) is 18.1 Å². The summed E-state index contributed by atoms with van der Waals surface area (Å²) in [6, 6.07) is 1.66. The van der Waals surface area contributed by atoms with Crippen molar-refractivity contribution in [2.45, 2.75) is 27.2 Å². The molecule has 1 rings (SSSR count). The van der Waals surface area contributed by atoms with Crippen LogP contribution < -0.4 is 10.1 Å². The summed E-state index contributed by atoms with van der Waals surface area (Å²) in [7, 11) is 0. The lowest BCUT2D eigenvalue weighted by Crippen LogP contribution is -2.08. The molecule has 0 aliphatic heterocycles. The second-order valence-corrected chi connectivity index (χ2v) is 5.05. The lowest BCUT2D eigenvalue weighted by molar-refractivity contribution is 0.262. The Kier molecular flexibility index (Phi) is 5.86. The molecule has 0 aliphatic rings. The van der Waals surface area contributed by atoms with E-state index < -0.39 is 0 Å². The summed E-state index contributed by atoms with van der Waals surface area (Å²) in [5.74, 6) is 1.48. The number of anilines is 1. The first kappa shape index (κ1) is 14.4. The van der Waals surface area contributed by atoms with Gasteiger partial charge < -0.3 is 10.1 Å². The Morgan fingerprint density at radius 3 is 2.65 bits per heavy atom. The Morgan fingerprint density at radius 1 is 1.35 bits per heavy atom. The van der Waals surface area contributed by atoms with Gasteiger partial charge in [-0.1, -0.05) is 44.0 Å². The van der Waals surface area contributed by atoms with Crippen molar-refractivity contribution in [1.82, 2.24) is 4.98 Å². The first-order chi connectivity index (χ1) is 8.04. The van der Waals surface area contributed by atoms with E-state index >= 15 is 0 Å². The number of pyridine rings is 1. The normalized spacial score (nSPS) is 10.7. The van der Waals surface area contributed by atoms with Gasteiger partial charge in [0.15, 0.2) is 0 Å². The van der Waals surface area contributed by atoms with Gasteiger partial charge in [-0.2, -0.15) is 4.98 Å². The molecule has 96 valence electrons. The third-order valence-corrected chi connectivity index (χ3v) is 2.55. The van der Waals surface area contributed by atoms with Gasteiger partial charge in [-0.3, -0.25) is 0 Å². The van der Waals surface area contributed by atoms with Crippen LogP contribution in [0, 0.1) is 5.92 Å². The number of nitrogens with one attached hydrogen (secondary N) is 1. The zero-order chi connectivity index (χ0) is 12.8. The van der Waals surface area contributed by atoms with Crippen molar-refractivity contribution in [2.75, 3.05) is 18.5 Å². The Morgan fingerprint density at radius 2 is 2.06 bits per heavy atom. The lowest BCUT2D eigenvalue weighted by atomic mass is 10.2. The van der Waals surface area contributed by atoms with Gasteiger partial charge in [0.05, 0.1) is 11.6 Å². The fourth-order valence-electron chi connectivity index (χ4n) is 1.16. The molecule has 0 spiro atoms. The van der Waals surface area contributed by atoms with Crippen LogP contribution in [-0.2, 0) is 0 Å². The Labute approximate surface area is 112 Å². The largest absolute Gasteiger partial charge is 0.476 e. The summed E-state index contributed by atoms with van der Waals surface area (Å²) in [6.45, 7) is 7.62. The fraction of sp³-hybridized carbons (Fsp3) is 0.583. The highest BCUT2D eigenvalue weighted by molar-refractivity contribution is 6.36. The number of nitrogens with zero attached hydrogens (tertiary/aromatic N) is 1. The third kappa shape index (κ3) is 4.60. The van der Waals surface area contributed by atoms with Gasteiger partial charge in [0.1, 0.15) is 10.8 Å². The monoisotopic (exact) mass is 276 g/mol. The SMILES string of the molecule is CCCNc1nc(OCC(C)C)c(Cl)cc1Cl. The maximum atomic E-state index is 6.03. The van der Waals surface area contributed by atoms with E-state index in [4.69, 9.17) is 27.9 Å². The Hall–Kier alpha value is -0.670. The number of ether oxygens (including phenoxy) is 1. The van der Waals surface area contributed by atoms with E-state index in [-0.39, 0.29) is 0 Å². The molecule has 3 nitrogen and oxygen atoms in total. The van der Waals surface area contributed by atoms with Gasteiger partial charge in [0.2, 0.25) is 5.88 Å². The van der Waals surface area contributed by atoms with Gasteiger partial charge in [0.25, 0.3) is 0 Å². The zero-order valence-corrected chi connectivity index (χ0v) is 11.9. The van der Waals surface area contributed by atoms with Crippen LogP contribution in [0.2, 0.25) is 10.0 Å². The number of aromatic nitrogens is 1. The predicted octanol–water partition coefficient (Wildman–Crippen LogP) is 4.25. The average Bonchev–Trinajstić information content (AvgIpc) is 2.26. The van der Waals surface area contributed by atoms with Crippen LogP contribution in [0.4, 0.5) is 5.82 Å². The molecule has 0 radical (unpaired) electrons. The highest BCUT2D eigenvalue weighted by atomic mass is 35.5. The second-order valence-electron chi connectivity index (χ2n) is 4.24. The van der Waals surface area contributed by atoms with E-state index in [0.717, 1.165) is 13.0 Å². The number of hydrogen-bond donors (Lipinski definition) is 1. The van der Waals surface area contributed by atoms with Gasteiger partial charge in [-0.05, 0) is 18.4 Å². The molecule has 0 saturated carbocycles. The van der Waals surface area contributed by atoms with E-state index in [2.05, 4.69) is 31.1 Å². The van der Waals surface area contributed by atoms with Crippen LogP contribution in [0.3, 0.4) is 0 Å². The third-order valence-electron chi connectivity index (χ3n) is 1.99. The summed E-state index contributed by atoms with van der Waals surface area (Å²) in [5.41, 5.74) is 0. The molecule has 0 amide bonds. The van der Waals surface area contributed by atoms with Crippen LogP contribution in [0.15, 0.2) is 6.07 Å². The molecular formula is C12H18Cl2N2O. The van der Waals surface area contributed by atoms with Crippen molar-refractivity contribution < 1.29 is 4.74 Å². The van der Waals surface area contributed by atoms with Gasteiger partial charge in [-0.15, -0.1) is 0 Å². The van der Waals surface area contributed by atoms with Gasteiger partial charge >= 0.3 is 0 Å². The first-order valence-corrected chi connectivity index (χ1v) is 6.52. The lowest BCUT2D eigenvalue weighted by Gasteiger charge is -2.12. The maximum absolute atomic E-state index is 6.03. The first-order valence-electron chi connectivity index (χ1n) is 5.77. The molecule has 1 aromatic rings. The maximum Gasteiger partial charge on any atom is 0.234 e. The van der Waals surface area contributed by atoms with Gasteiger partial charge in [-0.25, -0.2) is 0 Å². The topological polar surface area (TPSA) is 34.2 Å². The predicted molar refractivity (Wildman–Crippen MR) is 73.4 cm³/mol. The summed E-state index contributed by atoms with van der Waals surface area (Å²) < 4.78 is 5.53. The Balaban J connectivity index is 2.81. The molecule has 0 aliphatic carbocycles. The van der Waals surface area contributed by atoms with Crippen molar-refractivity contribution in [3.8, 4) is 5.88 Å². The molecule has 0 aromatic carbocycles. The van der Waals surface area contributed by atoms with Crippen LogP contribution >= 0.6 is 23.2 Å². The van der Waals surface area contributed by atoms with Crippen molar-refractivity contribution in [3.63, 3.8) is 0 Å². The zero-order valence-electron chi connectivity index (χ0n) is 10.4. The molecular weight excluding hydrogens is 259 g/mol. The standard InChI is InChI=1S/C12H18Cl2N2O/c1-4-5-15-11-9(13)6-10(14)12(16-11)17-7-8(2)3/h6,8H,4-5,7H2,1-3H3,(H,15,16). The van der Waals surface area contributed by atoms with E-state index in [0.29, 0.717) is 34.3 Å². The number of rotatable bonds is 6. The second kappa shape index (κ2) is 6.92. The number of hydrogen-bond acceptors (Lipinski definition) is 3. The van der Waals surface area contributed by atoms with Crippen molar-refractivity contribution in [1.29, 1.82) is 0 Å². The quantitative estimate of drug-likeness (QED) is 0.844. The van der Waals surface area contributed by atoms with Crippen LogP contribution in [0.5, 0.6) is 5.88 Å². The van der Waals surface area contributed by atoms with Crippen molar-refractivity contribution in [2.24, 2.45) is 5.92 Å². The van der Waals surface area contributed by atoms with Crippen LogP contribution in [0.25, 0.3) is 0 Å². The molecule has 0 atom stereocenters.